The summed E-state index contributed by atoms with van der Waals surface area (Å²) in [6.45, 7) is -0.370. The van der Waals surface area contributed by atoms with Crippen molar-refractivity contribution in [3.05, 3.63) is 34.9 Å². The van der Waals surface area contributed by atoms with Gasteiger partial charge in [0.1, 0.15) is 0 Å². The second-order valence-corrected chi connectivity index (χ2v) is 3.43. The van der Waals surface area contributed by atoms with E-state index in [0.29, 0.717) is 10.6 Å². The van der Waals surface area contributed by atoms with E-state index in [1.165, 1.54) is 0 Å². The number of rotatable bonds is 1. The van der Waals surface area contributed by atoms with Gasteiger partial charge in [0.15, 0.2) is 0 Å². The summed E-state index contributed by atoms with van der Waals surface area (Å²) in [5.74, 6) is 2.97. The van der Waals surface area contributed by atoms with Crippen molar-refractivity contribution in [2.24, 2.45) is 0 Å². The number of nitrogens with one attached hydrogen (secondary N) is 1. The van der Waals surface area contributed by atoms with E-state index < -0.39 is 12.1 Å². The van der Waals surface area contributed by atoms with Crippen LogP contribution in [0, 0.1) is 11.8 Å². The number of amides is 1. The van der Waals surface area contributed by atoms with Crippen molar-refractivity contribution in [3.8, 4) is 11.8 Å². The Morgan fingerprint density at radius 3 is 2.71 bits per heavy atom. The van der Waals surface area contributed by atoms with Gasteiger partial charge >= 0.3 is 12.1 Å². The van der Waals surface area contributed by atoms with Crippen LogP contribution in [0.2, 0.25) is 5.02 Å². The second kappa shape index (κ2) is 5.60. The van der Waals surface area contributed by atoms with E-state index >= 15 is 0 Å². The van der Waals surface area contributed by atoms with Crippen LogP contribution in [0.25, 0.3) is 0 Å². The summed E-state index contributed by atoms with van der Waals surface area (Å²) in [5.41, 5.74) is 0.568. The summed E-state index contributed by atoms with van der Waals surface area (Å²) in [4.78, 5) is 10.4. The molecule has 0 fully saturated rings. The molecule has 0 aliphatic carbocycles. The molecule has 0 aliphatic rings. The molecule has 0 atom stereocenters. The molecule has 0 spiro atoms. The number of hydrogen-bond donors (Lipinski definition) is 1. The maximum atomic E-state index is 11.8. The van der Waals surface area contributed by atoms with Crippen molar-refractivity contribution in [3.63, 3.8) is 0 Å². The SMILES string of the molecule is O=C(NCC#Cc1cccc(Cl)c1)C(F)(F)F. The van der Waals surface area contributed by atoms with Crippen LogP contribution in [-0.2, 0) is 4.79 Å². The molecule has 0 aliphatic heterocycles. The lowest BCUT2D eigenvalue weighted by atomic mass is 10.2. The van der Waals surface area contributed by atoms with Crippen molar-refractivity contribution in [1.29, 1.82) is 0 Å². The quantitative estimate of drug-likeness (QED) is 0.773. The van der Waals surface area contributed by atoms with E-state index in [1.807, 2.05) is 0 Å². The molecule has 0 bridgehead atoms. The zero-order valence-electron chi connectivity index (χ0n) is 8.44. The Morgan fingerprint density at radius 1 is 1.41 bits per heavy atom. The smallest absolute Gasteiger partial charge is 0.337 e. The molecule has 0 heterocycles. The van der Waals surface area contributed by atoms with Crippen LogP contribution in [0.3, 0.4) is 0 Å². The van der Waals surface area contributed by atoms with Crippen molar-refractivity contribution in [1.82, 2.24) is 5.32 Å². The van der Waals surface area contributed by atoms with Gasteiger partial charge in [-0.05, 0) is 18.2 Å². The number of benzene rings is 1. The highest BCUT2D eigenvalue weighted by Crippen LogP contribution is 2.13. The Bertz CT molecular complexity index is 474. The minimum atomic E-state index is -4.88. The Morgan fingerprint density at radius 2 is 2.12 bits per heavy atom. The Kier molecular flexibility index (Phi) is 4.41. The molecule has 90 valence electrons. The van der Waals surface area contributed by atoms with Crippen molar-refractivity contribution in [2.45, 2.75) is 6.18 Å². The second-order valence-electron chi connectivity index (χ2n) is 2.99. The number of carbonyl (C=O) groups excluding carboxylic acids is 1. The monoisotopic (exact) mass is 261 g/mol. The van der Waals surface area contributed by atoms with Gasteiger partial charge < -0.3 is 5.32 Å². The van der Waals surface area contributed by atoms with Gasteiger partial charge in [-0.3, -0.25) is 4.79 Å². The highest BCUT2D eigenvalue weighted by atomic mass is 35.5. The molecule has 17 heavy (non-hydrogen) atoms. The van der Waals surface area contributed by atoms with Crippen LogP contribution in [0.4, 0.5) is 13.2 Å². The maximum Gasteiger partial charge on any atom is 0.471 e. The fourth-order valence-corrected chi connectivity index (χ4v) is 1.13. The molecular formula is C11H7ClF3NO. The fourth-order valence-electron chi connectivity index (χ4n) is 0.937. The third-order valence-corrected chi connectivity index (χ3v) is 1.89. The molecule has 1 N–H and O–H groups in total. The molecule has 0 aromatic heterocycles. The molecule has 2 nitrogen and oxygen atoms in total. The van der Waals surface area contributed by atoms with Crippen molar-refractivity contribution >= 4 is 17.5 Å². The molecule has 6 heteroatoms. The lowest BCUT2D eigenvalue weighted by molar-refractivity contribution is -0.173. The fraction of sp³-hybridized carbons (Fsp3) is 0.182. The Labute approximate surface area is 101 Å². The van der Waals surface area contributed by atoms with E-state index in [-0.39, 0.29) is 6.54 Å². The lowest BCUT2D eigenvalue weighted by Gasteiger charge is -2.03. The first kappa shape index (κ1) is 13.4. The van der Waals surface area contributed by atoms with Gasteiger partial charge in [0, 0.05) is 10.6 Å². The Hall–Kier alpha value is -1.67. The zero-order chi connectivity index (χ0) is 12.9. The summed E-state index contributed by atoms with van der Waals surface area (Å²) in [6, 6.07) is 6.55. The molecule has 1 rings (SSSR count). The van der Waals surface area contributed by atoms with Crippen LogP contribution in [0.15, 0.2) is 24.3 Å². The number of alkyl halides is 3. The van der Waals surface area contributed by atoms with Crippen molar-refractivity contribution in [2.75, 3.05) is 6.54 Å². The van der Waals surface area contributed by atoms with Gasteiger partial charge in [-0.15, -0.1) is 0 Å². The highest BCUT2D eigenvalue weighted by molar-refractivity contribution is 6.30. The van der Waals surface area contributed by atoms with Gasteiger partial charge in [-0.2, -0.15) is 13.2 Å². The predicted molar refractivity (Wildman–Crippen MR) is 57.4 cm³/mol. The summed E-state index contributed by atoms with van der Waals surface area (Å²) >= 11 is 5.68. The minimum absolute atomic E-state index is 0.370. The predicted octanol–water partition coefficient (Wildman–Crippen LogP) is 2.37. The molecule has 0 radical (unpaired) electrons. The standard InChI is InChI=1S/C11H7ClF3NO/c12-9-5-1-3-8(7-9)4-2-6-16-10(17)11(13,14)15/h1,3,5,7H,6H2,(H,16,17). The van der Waals surface area contributed by atoms with Gasteiger partial charge in [-0.25, -0.2) is 0 Å². The number of hydrogen-bond acceptors (Lipinski definition) is 1. The zero-order valence-corrected chi connectivity index (χ0v) is 9.19. The lowest BCUT2D eigenvalue weighted by Crippen LogP contribution is -2.36. The van der Waals surface area contributed by atoms with Crippen LogP contribution in [-0.4, -0.2) is 18.6 Å². The average Bonchev–Trinajstić information content (AvgIpc) is 2.23. The summed E-state index contributed by atoms with van der Waals surface area (Å²) in [5, 5.41) is 2.12. The highest BCUT2D eigenvalue weighted by Gasteiger charge is 2.38. The Balaban J connectivity index is 2.50. The molecule has 0 saturated heterocycles. The van der Waals surface area contributed by atoms with Crippen molar-refractivity contribution < 1.29 is 18.0 Å². The third-order valence-electron chi connectivity index (χ3n) is 1.65. The van der Waals surface area contributed by atoms with Gasteiger partial charge in [0.2, 0.25) is 0 Å². The van der Waals surface area contributed by atoms with E-state index in [2.05, 4.69) is 11.8 Å². The largest absolute Gasteiger partial charge is 0.471 e. The maximum absolute atomic E-state index is 11.8. The number of carbonyl (C=O) groups is 1. The first-order valence-electron chi connectivity index (χ1n) is 4.49. The van der Waals surface area contributed by atoms with Crippen LogP contribution < -0.4 is 5.32 Å². The molecule has 1 aromatic rings. The van der Waals surface area contributed by atoms with E-state index in [4.69, 9.17) is 11.6 Å². The van der Waals surface area contributed by atoms with Crippen LogP contribution >= 0.6 is 11.6 Å². The van der Waals surface area contributed by atoms with E-state index in [0.717, 1.165) is 0 Å². The van der Waals surface area contributed by atoms with Gasteiger partial charge in [0.25, 0.3) is 0 Å². The normalized spacial score (nSPS) is 10.4. The summed E-state index contributed by atoms with van der Waals surface area (Å²) < 4.78 is 35.3. The minimum Gasteiger partial charge on any atom is -0.337 e. The first-order chi connectivity index (χ1) is 7.89. The molecule has 1 aromatic carbocycles. The van der Waals surface area contributed by atoms with Gasteiger partial charge in [0.05, 0.1) is 6.54 Å². The average molecular weight is 262 g/mol. The van der Waals surface area contributed by atoms with Gasteiger partial charge in [-0.1, -0.05) is 29.5 Å². The number of halogens is 4. The topological polar surface area (TPSA) is 29.1 Å². The van der Waals surface area contributed by atoms with E-state index in [1.54, 1.807) is 29.6 Å². The first-order valence-corrected chi connectivity index (χ1v) is 4.87. The van der Waals surface area contributed by atoms with E-state index in [9.17, 15) is 18.0 Å². The van der Waals surface area contributed by atoms with Crippen LogP contribution in [0.5, 0.6) is 0 Å². The summed E-state index contributed by atoms with van der Waals surface area (Å²) in [7, 11) is 0. The molecule has 0 saturated carbocycles. The molecular weight excluding hydrogens is 255 g/mol. The van der Waals surface area contributed by atoms with Crippen LogP contribution in [0.1, 0.15) is 5.56 Å². The summed E-state index contributed by atoms with van der Waals surface area (Å²) in [6.07, 6.45) is -4.88. The third kappa shape index (κ3) is 4.79. The molecule has 0 unspecified atom stereocenters. The molecule has 1 amide bonds.